The van der Waals surface area contributed by atoms with E-state index in [2.05, 4.69) is 28.9 Å². The average molecular weight is 223 g/mol. The van der Waals surface area contributed by atoms with Crippen LogP contribution in [0.1, 0.15) is 29.4 Å². The van der Waals surface area contributed by atoms with Gasteiger partial charge in [-0.2, -0.15) is 5.10 Å². The largest absolute Gasteiger partial charge is 0.379 e. The molecular formula is C12H21N3O. The average Bonchev–Trinajstić information content (AvgIpc) is 2.86. The molecule has 90 valence electrons. The van der Waals surface area contributed by atoms with Crippen LogP contribution in [0.4, 0.5) is 0 Å². The summed E-state index contributed by atoms with van der Waals surface area (Å²) >= 11 is 0. The first-order chi connectivity index (χ1) is 7.74. The molecule has 1 saturated heterocycles. The van der Waals surface area contributed by atoms with Crippen molar-refractivity contribution in [3.63, 3.8) is 0 Å². The van der Waals surface area contributed by atoms with E-state index in [0.717, 1.165) is 32.6 Å². The van der Waals surface area contributed by atoms with E-state index in [4.69, 9.17) is 4.74 Å². The van der Waals surface area contributed by atoms with Crippen LogP contribution in [0.25, 0.3) is 0 Å². The molecule has 0 aliphatic carbocycles. The van der Waals surface area contributed by atoms with Gasteiger partial charge in [0.25, 0.3) is 0 Å². The first kappa shape index (κ1) is 11.6. The lowest BCUT2D eigenvalue weighted by molar-refractivity contribution is 0.184. The summed E-state index contributed by atoms with van der Waals surface area (Å²) < 4.78 is 7.58. The number of hydrogen-bond acceptors (Lipinski definition) is 3. The van der Waals surface area contributed by atoms with E-state index in [1.165, 1.54) is 17.0 Å². The van der Waals surface area contributed by atoms with Crippen molar-refractivity contribution in [1.29, 1.82) is 0 Å². The normalized spacial score (nSPS) is 20.6. The molecule has 1 unspecified atom stereocenters. The van der Waals surface area contributed by atoms with E-state index in [1.807, 2.05) is 7.05 Å². The number of rotatable bonds is 4. The quantitative estimate of drug-likeness (QED) is 0.834. The SMILES string of the molecule is CNCCc1c(C)nn(C2CCOC2)c1C. The van der Waals surface area contributed by atoms with Crippen molar-refractivity contribution in [3.8, 4) is 0 Å². The predicted molar refractivity (Wildman–Crippen MR) is 63.8 cm³/mol. The van der Waals surface area contributed by atoms with Crippen LogP contribution in [-0.2, 0) is 11.2 Å². The van der Waals surface area contributed by atoms with Gasteiger partial charge in [-0.3, -0.25) is 4.68 Å². The minimum absolute atomic E-state index is 0.446. The van der Waals surface area contributed by atoms with Crippen molar-refractivity contribution < 1.29 is 4.74 Å². The highest BCUT2D eigenvalue weighted by Crippen LogP contribution is 2.23. The standard InChI is InChI=1S/C12H21N3O/c1-9-12(4-6-13-3)10(2)15(14-9)11-5-7-16-8-11/h11,13H,4-8H2,1-3H3. The monoisotopic (exact) mass is 223 g/mol. The maximum atomic E-state index is 5.42. The molecule has 1 atom stereocenters. The van der Waals surface area contributed by atoms with Gasteiger partial charge in [-0.15, -0.1) is 0 Å². The van der Waals surface area contributed by atoms with Crippen molar-refractivity contribution in [2.45, 2.75) is 32.7 Å². The van der Waals surface area contributed by atoms with Crippen molar-refractivity contribution in [2.75, 3.05) is 26.8 Å². The molecule has 4 nitrogen and oxygen atoms in total. The molecule has 1 aliphatic heterocycles. The van der Waals surface area contributed by atoms with Crippen molar-refractivity contribution in [3.05, 3.63) is 17.0 Å². The van der Waals surface area contributed by atoms with E-state index in [9.17, 15) is 0 Å². The third-order valence-electron chi connectivity index (χ3n) is 3.35. The number of ether oxygens (including phenoxy) is 1. The van der Waals surface area contributed by atoms with Gasteiger partial charge in [-0.05, 0) is 45.8 Å². The summed E-state index contributed by atoms with van der Waals surface area (Å²) in [6, 6.07) is 0.446. The predicted octanol–water partition coefficient (Wildman–Crippen LogP) is 1.22. The third kappa shape index (κ3) is 2.13. The fraction of sp³-hybridized carbons (Fsp3) is 0.750. The molecule has 0 radical (unpaired) electrons. The molecule has 2 heterocycles. The lowest BCUT2D eigenvalue weighted by atomic mass is 10.1. The van der Waals surface area contributed by atoms with Gasteiger partial charge < -0.3 is 10.1 Å². The first-order valence-corrected chi connectivity index (χ1v) is 6.01. The van der Waals surface area contributed by atoms with Crippen LogP contribution < -0.4 is 5.32 Å². The van der Waals surface area contributed by atoms with Crippen LogP contribution in [0.5, 0.6) is 0 Å². The topological polar surface area (TPSA) is 39.1 Å². The van der Waals surface area contributed by atoms with Gasteiger partial charge in [-0.25, -0.2) is 0 Å². The summed E-state index contributed by atoms with van der Waals surface area (Å²) in [6.07, 6.45) is 2.15. The van der Waals surface area contributed by atoms with E-state index in [0.29, 0.717) is 6.04 Å². The molecule has 0 amide bonds. The molecule has 4 heteroatoms. The van der Waals surface area contributed by atoms with E-state index in [-0.39, 0.29) is 0 Å². The molecule has 1 aromatic heterocycles. The molecule has 0 spiro atoms. The highest BCUT2D eigenvalue weighted by molar-refractivity contribution is 5.25. The zero-order valence-corrected chi connectivity index (χ0v) is 10.4. The third-order valence-corrected chi connectivity index (χ3v) is 3.35. The molecule has 16 heavy (non-hydrogen) atoms. The molecule has 0 aromatic carbocycles. The maximum Gasteiger partial charge on any atom is 0.0777 e. The van der Waals surface area contributed by atoms with Gasteiger partial charge in [0.15, 0.2) is 0 Å². The second kappa shape index (κ2) is 4.97. The minimum Gasteiger partial charge on any atom is -0.379 e. The van der Waals surface area contributed by atoms with Crippen LogP contribution in [-0.4, -0.2) is 36.6 Å². The van der Waals surface area contributed by atoms with Crippen molar-refractivity contribution >= 4 is 0 Å². The number of aryl methyl sites for hydroxylation is 1. The highest BCUT2D eigenvalue weighted by atomic mass is 16.5. The number of nitrogens with one attached hydrogen (secondary N) is 1. The Morgan fingerprint density at radius 1 is 1.50 bits per heavy atom. The molecular weight excluding hydrogens is 202 g/mol. The summed E-state index contributed by atoms with van der Waals surface area (Å²) in [5.74, 6) is 0. The lowest BCUT2D eigenvalue weighted by Crippen LogP contribution is -2.13. The zero-order valence-electron chi connectivity index (χ0n) is 10.4. The number of hydrogen-bond donors (Lipinski definition) is 1. The molecule has 0 saturated carbocycles. The second-order valence-corrected chi connectivity index (χ2v) is 4.46. The first-order valence-electron chi connectivity index (χ1n) is 6.01. The van der Waals surface area contributed by atoms with E-state index in [1.54, 1.807) is 0 Å². The number of likely N-dealkylation sites (N-methyl/N-ethyl adjacent to an activating group) is 1. The fourth-order valence-corrected chi connectivity index (χ4v) is 2.38. The van der Waals surface area contributed by atoms with Gasteiger partial charge in [0.05, 0.1) is 18.3 Å². The Bertz CT molecular complexity index is 353. The van der Waals surface area contributed by atoms with Gasteiger partial charge in [0.2, 0.25) is 0 Å². The van der Waals surface area contributed by atoms with Crippen LogP contribution in [0, 0.1) is 13.8 Å². The molecule has 0 bridgehead atoms. The van der Waals surface area contributed by atoms with Crippen LogP contribution in [0.15, 0.2) is 0 Å². The molecule has 1 aliphatic rings. The van der Waals surface area contributed by atoms with Crippen LogP contribution >= 0.6 is 0 Å². The zero-order chi connectivity index (χ0) is 11.5. The second-order valence-electron chi connectivity index (χ2n) is 4.46. The summed E-state index contributed by atoms with van der Waals surface area (Å²) in [5.41, 5.74) is 3.86. The van der Waals surface area contributed by atoms with Gasteiger partial charge >= 0.3 is 0 Å². The van der Waals surface area contributed by atoms with Gasteiger partial charge in [0.1, 0.15) is 0 Å². The number of nitrogens with zero attached hydrogens (tertiary/aromatic N) is 2. The molecule has 1 fully saturated rings. The molecule has 1 aromatic rings. The molecule has 2 rings (SSSR count). The lowest BCUT2D eigenvalue weighted by Gasteiger charge is -2.11. The summed E-state index contributed by atoms with van der Waals surface area (Å²) in [6.45, 7) is 6.96. The maximum absolute atomic E-state index is 5.42. The molecule has 1 N–H and O–H groups in total. The number of aromatic nitrogens is 2. The van der Waals surface area contributed by atoms with E-state index >= 15 is 0 Å². The Labute approximate surface area is 97.0 Å². The Morgan fingerprint density at radius 2 is 2.31 bits per heavy atom. The Balaban J connectivity index is 2.19. The Morgan fingerprint density at radius 3 is 2.94 bits per heavy atom. The smallest absolute Gasteiger partial charge is 0.0777 e. The Kier molecular flexibility index (Phi) is 3.61. The Hall–Kier alpha value is -0.870. The van der Waals surface area contributed by atoms with Crippen molar-refractivity contribution in [2.24, 2.45) is 0 Å². The fourth-order valence-electron chi connectivity index (χ4n) is 2.38. The van der Waals surface area contributed by atoms with Crippen LogP contribution in [0.2, 0.25) is 0 Å². The van der Waals surface area contributed by atoms with Crippen LogP contribution in [0.3, 0.4) is 0 Å². The van der Waals surface area contributed by atoms with E-state index < -0.39 is 0 Å². The minimum atomic E-state index is 0.446. The summed E-state index contributed by atoms with van der Waals surface area (Å²) in [7, 11) is 1.99. The summed E-state index contributed by atoms with van der Waals surface area (Å²) in [4.78, 5) is 0. The highest BCUT2D eigenvalue weighted by Gasteiger charge is 2.22. The van der Waals surface area contributed by atoms with Gasteiger partial charge in [0, 0.05) is 12.3 Å². The van der Waals surface area contributed by atoms with Gasteiger partial charge in [-0.1, -0.05) is 0 Å². The van der Waals surface area contributed by atoms with Crippen molar-refractivity contribution in [1.82, 2.24) is 15.1 Å². The summed E-state index contributed by atoms with van der Waals surface area (Å²) in [5, 5.41) is 7.84.